The Labute approximate surface area is 94.6 Å². The molecule has 1 aliphatic heterocycles. The minimum atomic E-state index is -3.49. The molecule has 1 N–H and O–H groups in total. The van der Waals surface area contributed by atoms with Crippen LogP contribution in [0.5, 0.6) is 0 Å². The monoisotopic (exact) mass is 236 g/mol. The van der Waals surface area contributed by atoms with Crippen LogP contribution >= 0.6 is 0 Å². The van der Waals surface area contributed by atoms with Gasteiger partial charge in [-0.15, -0.1) is 0 Å². The highest BCUT2D eigenvalue weighted by Gasteiger charge is 2.22. The maximum Gasteiger partial charge on any atom is 0.239 e. The number of nitrogens with zero attached hydrogens (tertiary/aromatic N) is 1. The van der Waals surface area contributed by atoms with Crippen LogP contribution in [-0.4, -0.2) is 20.1 Å². The van der Waals surface area contributed by atoms with Gasteiger partial charge in [-0.2, -0.15) is 0 Å². The topological polar surface area (TPSA) is 58.5 Å². The van der Waals surface area contributed by atoms with Crippen molar-refractivity contribution in [3.05, 3.63) is 42.1 Å². The van der Waals surface area contributed by atoms with Crippen molar-refractivity contribution in [1.82, 2.24) is 5.32 Å². The fourth-order valence-corrected chi connectivity index (χ4v) is 2.55. The van der Waals surface area contributed by atoms with E-state index in [0.29, 0.717) is 6.54 Å². The van der Waals surface area contributed by atoms with Gasteiger partial charge in [-0.05, 0) is 25.1 Å². The zero-order valence-electron chi connectivity index (χ0n) is 8.84. The van der Waals surface area contributed by atoms with Gasteiger partial charge in [0.1, 0.15) is 0 Å². The normalized spacial score (nSPS) is 15.4. The Morgan fingerprint density at radius 3 is 2.50 bits per heavy atom. The molecule has 0 fully saturated rings. The molecule has 0 bridgehead atoms. The van der Waals surface area contributed by atoms with Crippen LogP contribution in [0.25, 0.3) is 0 Å². The molecule has 0 unspecified atom stereocenters. The molecular formula is C11H12N2O2S. The summed E-state index contributed by atoms with van der Waals surface area (Å²) in [5, 5.41) is 2.76. The van der Waals surface area contributed by atoms with Crippen LogP contribution in [-0.2, 0) is 9.84 Å². The number of aliphatic imine (C=N–C) groups is 1. The van der Waals surface area contributed by atoms with Gasteiger partial charge < -0.3 is 5.32 Å². The quantitative estimate of drug-likeness (QED) is 0.798. The summed E-state index contributed by atoms with van der Waals surface area (Å²) in [6.07, 6.45) is 3.26. The van der Waals surface area contributed by atoms with Gasteiger partial charge in [-0.3, -0.25) is 0 Å². The van der Waals surface area contributed by atoms with Crippen LogP contribution in [0, 0.1) is 6.92 Å². The lowest BCUT2D eigenvalue weighted by atomic mass is 10.2. The minimum absolute atomic E-state index is 0.0128. The number of nitrogens with one attached hydrogen (secondary N) is 1. The lowest BCUT2D eigenvalue weighted by molar-refractivity contribution is 0.605. The Kier molecular flexibility index (Phi) is 2.78. The second kappa shape index (κ2) is 4.09. The lowest BCUT2D eigenvalue weighted by Gasteiger charge is -2.11. The van der Waals surface area contributed by atoms with Crippen molar-refractivity contribution >= 4 is 15.0 Å². The first-order chi connectivity index (χ1) is 7.60. The summed E-state index contributed by atoms with van der Waals surface area (Å²) in [4.78, 5) is 4.10. The number of benzene rings is 1. The first kappa shape index (κ1) is 10.9. The van der Waals surface area contributed by atoms with Crippen LogP contribution in [0.1, 0.15) is 5.56 Å². The van der Waals surface area contributed by atoms with E-state index < -0.39 is 9.84 Å². The van der Waals surface area contributed by atoms with Gasteiger partial charge in [0.15, 0.2) is 0 Å². The number of hydrogen-bond acceptors (Lipinski definition) is 4. The molecule has 0 radical (unpaired) electrons. The van der Waals surface area contributed by atoms with E-state index in [0.717, 1.165) is 5.56 Å². The lowest BCUT2D eigenvalue weighted by Crippen LogP contribution is -2.32. The highest BCUT2D eigenvalue weighted by Crippen LogP contribution is 2.13. The molecule has 16 heavy (non-hydrogen) atoms. The first-order valence-corrected chi connectivity index (χ1v) is 6.37. The summed E-state index contributed by atoms with van der Waals surface area (Å²) in [6, 6.07) is 6.72. The Bertz CT molecular complexity index is 542. The molecule has 1 aromatic carbocycles. The van der Waals surface area contributed by atoms with Crippen molar-refractivity contribution in [2.75, 3.05) is 6.54 Å². The van der Waals surface area contributed by atoms with E-state index in [-0.39, 0.29) is 10.1 Å². The summed E-state index contributed by atoms with van der Waals surface area (Å²) in [6.45, 7) is 2.40. The van der Waals surface area contributed by atoms with Crippen molar-refractivity contribution in [3.8, 4) is 0 Å². The van der Waals surface area contributed by atoms with E-state index in [9.17, 15) is 8.42 Å². The minimum Gasteiger partial charge on any atom is -0.357 e. The molecular weight excluding hydrogens is 224 g/mol. The molecule has 0 aliphatic carbocycles. The molecule has 5 heteroatoms. The van der Waals surface area contributed by atoms with E-state index >= 15 is 0 Å². The van der Waals surface area contributed by atoms with E-state index in [4.69, 9.17) is 0 Å². The predicted molar refractivity (Wildman–Crippen MR) is 62.9 cm³/mol. The highest BCUT2D eigenvalue weighted by molar-refractivity contribution is 8.06. The van der Waals surface area contributed by atoms with Gasteiger partial charge in [0.05, 0.1) is 4.90 Å². The van der Waals surface area contributed by atoms with Gasteiger partial charge in [-0.1, -0.05) is 17.7 Å². The van der Waals surface area contributed by atoms with Crippen LogP contribution in [0.3, 0.4) is 0 Å². The Morgan fingerprint density at radius 1 is 1.25 bits per heavy atom. The van der Waals surface area contributed by atoms with Crippen LogP contribution < -0.4 is 5.32 Å². The predicted octanol–water partition coefficient (Wildman–Crippen LogP) is 1.24. The summed E-state index contributed by atoms with van der Waals surface area (Å²) in [5.41, 5.74) is 1.03. The number of rotatable bonds is 1. The molecule has 0 aromatic heterocycles. The number of aryl methyl sites for hydroxylation is 1. The Hall–Kier alpha value is -1.62. The zero-order valence-corrected chi connectivity index (χ0v) is 9.66. The summed E-state index contributed by atoms with van der Waals surface area (Å²) < 4.78 is 24.1. The molecule has 1 aliphatic rings. The fraction of sp³-hybridized carbons (Fsp3) is 0.182. The summed E-state index contributed by atoms with van der Waals surface area (Å²) >= 11 is 0. The highest BCUT2D eigenvalue weighted by atomic mass is 32.2. The number of amidine groups is 1. The van der Waals surface area contributed by atoms with Gasteiger partial charge in [0.25, 0.3) is 0 Å². The summed E-state index contributed by atoms with van der Waals surface area (Å²) in [7, 11) is -3.49. The maximum absolute atomic E-state index is 12.1. The second-order valence-corrected chi connectivity index (χ2v) is 5.38. The van der Waals surface area contributed by atoms with Crippen molar-refractivity contribution in [3.63, 3.8) is 0 Å². The molecule has 2 rings (SSSR count). The van der Waals surface area contributed by atoms with Gasteiger partial charge >= 0.3 is 0 Å². The van der Waals surface area contributed by atoms with Crippen molar-refractivity contribution < 1.29 is 8.42 Å². The van der Waals surface area contributed by atoms with Gasteiger partial charge in [-0.25, -0.2) is 13.4 Å². The molecule has 1 heterocycles. The van der Waals surface area contributed by atoms with Crippen LogP contribution in [0.2, 0.25) is 0 Å². The summed E-state index contributed by atoms with van der Waals surface area (Å²) in [5.74, 6) is 0. The van der Waals surface area contributed by atoms with Crippen LogP contribution in [0.4, 0.5) is 0 Å². The van der Waals surface area contributed by atoms with Crippen molar-refractivity contribution in [2.45, 2.75) is 11.8 Å². The maximum atomic E-state index is 12.1. The van der Waals surface area contributed by atoms with Crippen LogP contribution in [0.15, 0.2) is 46.4 Å². The molecule has 1 aromatic rings. The molecule has 0 saturated heterocycles. The standard InChI is InChI=1S/C11H12N2O2S/c1-9-3-5-10(6-4-9)16(14,15)11-12-7-2-8-13-11/h2-7H,8H2,1H3,(H,12,13). The van der Waals surface area contributed by atoms with E-state index in [1.807, 2.05) is 6.92 Å². The SMILES string of the molecule is Cc1ccc(S(=O)(=O)C2=NC=CCN2)cc1. The fourth-order valence-electron chi connectivity index (χ4n) is 1.36. The van der Waals surface area contributed by atoms with E-state index in [1.165, 1.54) is 6.20 Å². The first-order valence-electron chi connectivity index (χ1n) is 4.89. The van der Waals surface area contributed by atoms with Gasteiger partial charge in [0.2, 0.25) is 15.0 Å². The average Bonchev–Trinajstić information content (AvgIpc) is 2.31. The Balaban J connectivity index is 2.42. The third kappa shape index (κ3) is 1.99. The van der Waals surface area contributed by atoms with Crippen molar-refractivity contribution in [2.24, 2.45) is 4.99 Å². The zero-order chi connectivity index (χ0) is 11.6. The average molecular weight is 236 g/mol. The molecule has 0 spiro atoms. The molecule has 4 nitrogen and oxygen atoms in total. The number of hydrogen-bond donors (Lipinski definition) is 1. The molecule has 0 atom stereocenters. The van der Waals surface area contributed by atoms with Gasteiger partial charge in [0, 0.05) is 12.7 Å². The third-order valence-corrected chi connectivity index (χ3v) is 3.91. The number of sulfone groups is 1. The second-order valence-electron chi connectivity index (χ2n) is 3.52. The van der Waals surface area contributed by atoms with E-state index in [2.05, 4.69) is 10.3 Å². The molecule has 0 saturated carbocycles. The molecule has 0 amide bonds. The Morgan fingerprint density at radius 2 is 1.94 bits per heavy atom. The smallest absolute Gasteiger partial charge is 0.239 e. The van der Waals surface area contributed by atoms with E-state index in [1.54, 1.807) is 30.3 Å². The molecule has 84 valence electrons. The third-order valence-electron chi connectivity index (χ3n) is 2.25. The largest absolute Gasteiger partial charge is 0.357 e. The van der Waals surface area contributed by atoms with Crippen molar-refractivity contribution in [1.29, 1.82) is 0 Å².